The first-order valence-corrected chi connectivity index (χ1v) is 18.8. The Bertz CT molecular complexity index is 3480. The summed E-state index contributed by atoms with van der Waals surface area (Å²) in [5, 5.41) is 28.4. The van der Waals surface area contributed by atoms with Crippen molar-refractivity contribution in [2.24, 2.45) is 0 Å². The molecule has 0 bridgehead atoms. The standard InChI is InChI=1S/C51H28N4O/c52-28-30-21-24-45(41(29-53)48(30)49-37-16-3-1-11-32(37)33-12-2-4-17-38(33)49)55-44-25-22-31(54-42-18-8-5-13-34(42)35-14-6-9-19-43(35)54)27-40(44)50-46(55)26-23-39-36-15-7-10-20-47(36)56-51(39)50/h1-27,49H. The maximum atomic E-state index is 11.3. The van der Waals surface area contributed by atoms with Crippen LogP contribution in [-0.4, -0.2) is 9.13 Å². The highest BCUT2D eigenvalue weighted by Gasteiger charge is 2.34. The number of nitriles is 2. The van der Waals surface area contributed by atoms with Gasteiger partial charge in [-0.2, -0.15) is 10.5 Å². The van der Waals surface area contributed by atoms with Gasteiger partial charge in [0.2, 0.25) is 0 Å². The molecule has 0 saturated heterocycles. The van der Waals surface area contributed by atoms with Crippen LogP contribution in [0.4, 0.5) is 0 Å². The number of fused-ring (bicyclic) bond motifs is 13. The van der Waals surface area contributed by atoms with Crippen molar-refractivity contribution in [3.05, 3.63) is 192 Å². The Hall–Kier alpha value is -7.86. The monoisotopic (exact) mass is 712 g/mol. The molecule has 5 nitrogen and oxygen atoms in total. The molecule has 0 fully saturated rings. The second-order valence-corrected chi connectivity index (χ2v) is 14.6. The molecule has 3 aromatic heterocycles. The Labute approximate surface area is 320 Å². The predicted octanol–water partition coefficient (Wildman–Crippen LogP) is 12.7. The lowest BCUT2D eigenvalue weighted by atomic mass is 9.83. The molecule has 0 unspecified atom stereocenters. The van der Waals surface area contributed by atoms with Gasteiger partial charge in [0.05, 0.1) is 50.3 Å². The number of para-hydroxylation sites is 3. The summed E-state index contributed by atoms with van der Waals surface area (Å²) in [5.74, 6) is -0.274. The molecule has 0 N–H and O–H groups in total. The van der Waals surface area contributed by atoms with Crippen LogP contribution in [0.1, 0.15) is 33.7 Å². The molecule has 11 aromatic rings. The molecule has 8 aromatic carbocycles. The fourth-order valence-electron chi connectivity index (χ4n) is 9.65. The number of rotatable bonds is 3. The Morgan fingerprint density at radius 1 is 0.482 bits per heavy atom. The number of furan rings is 1. The van der Waals surface area contributed by atoms with E-state index >= 15 is 0 Å². The second kappa shape index (κ2) is 11.3. The molecule has 3 heterocycles. The normalized spacial score (nSPS) is 12.5. The fourth-order valence-corrected chi connectivity index (χ4v) is 9.65. The van der Waals surface area contributed by atoms with Gasteiger partial charge in [0.1, 0.15) is 17.2 Å². The summed E-state index contributed by atoms with van der Waals surface area (Å²) in [6.45, 7) is 0. The fraction of sp³-hybridized carbons (Fsp3) is 0.0196. The maximum Gasteiger partial charge on any atom is 0.145 e. The first-order chi connectivity index (χ1) is 27.7. The number of benzene rings is 8. The van der Waals surface area contributed by atoms with E-state index in [0.29, 0.717) is 11.1 Å². The average Bonchev–Trinajstić information content (AvgIpc) is 3.99. The molecular formula is C51H28N4O. The smallest absolute Gasteiger partial charge is 0.145 e. The van der Waals surface area contributed by atoms with E-state index < -0.39 is 0 Å². The van der Waals surface area contributed by atoms with Gasteiger partial charge in [0, 0.05) is 44.1 Å². The Morgan fingerprint density at radius 3 is 1.79 bits per heavy atom. The van der Waals surface area contributed by atoms with Gasteiger partial charge in [-0.05, 0) is 82.9 Å². The highest BCUT2D eigenvalue weighted by Crippen LogP contribution is 2.51. The molecule has 0 aliphatic heterocycles. The quantitative estimate of drug-likeness (QED) is 0.183. The Kier molecular flexibility index (Phi) is 6.18. The third kappa shape index (κ3) is 3.96. The highest BCUT2D eigenvalue weighted by atomic mass is 16.3. The SMILES string of the molecule is N#Cc1ccc(-n2c3ccc(-n4c5ccccc5c5ccccc54)cc3c3c4oc5ccccc5c4ccc32)c(C#N)c1C1c2ccccc2-c2ccccc21. The molecule has 1 aliphatic carbocycles. The van der Waals surface area contributed by atoms with Gasteiger partial charge < -0.3 is 13.6 Å². The molecule has 1 aliphatic rings. The van der Waals surface area contributed by atoms with Crippen molar-refractivity contribution < 1.29 is 4.42 Å². The zero-order valence-corrected chi connectivity index (χ0v) is 29.9. The van der Waals surface area contributed by atoms with Crippen LogP contribution in [0, 0.1) is 22.7 Å². The summed E-state index contributed by atoms with van der Waals surface area (Å²) < 4.78 is 11.3. The molecule has 0 amide bonds. The van der Waals surface area contributed by atoms with E-state index in [1.807, 2.05) is 42.5 Å². The average molecular weight is 713 g/mol. The van der Waals surface area contributed by atoms with Crippen LogP contribution in [0.5, 0.6) is 0 Å². The summed E-state index contributed by atoms with van der Waals surface area (Å²) in [6.07, 6.45) is 0. The van der Waals surface area contributed by atoms with Crippen molar-refractivity contribution in [1.29, 1.82) is 10.5 Å². The van der Waals surface area contributed by atoms with Gasteiger partial charge in [-0.1, -0.05) is 103 Å². The zero-order valence-electron chi connectivity index (χ0n) is 29.9. The van der Waals surface area contributed by atoms with E-state index in [1.54, 1.807) is 0 Å². The van der Waals surface area contributed by atoms with Crippen LogP contribution in [0.3, 0.4) is 0 Å². The van der Waals surface area contributed by atoms with E-state index in [2.05, 4.69) is 143 Å². The van der Waals surface area contributed by atoms with Gasteiger partial charge in [0.25, 0.3) is 0 Å². The molecule has 258 valence electrons. The summed E-state index contributed by atoms with van der Waals surface area (Å²) in [5.41, 5.74) is 13.7. The minimum absolute atomic E-state index is 0.274. The predicted molar refractivity (Wildman–Crippen MR) is 225 cm³/mol. The maximum absolute atomic E-state index is 11.3. The Balaban J connectivity index is 1.20. The lowest BCUT2D eigenvalue weighted by molar-refractivity contribution is 0.673. The van der Waals surface area contributed by atoms with Crippen molar-refractivity contribution >= 4 is 65.6 Å². The first kappa shape index (κ1) is 30.6. The summed E-state index contributed by atoms with van der Waals surface area (Å²) in [6, 6.07) is 61.8. The van der Waals surface area contributed by atoms with Crippen LogP contribution >= 0.6 is 0 Å². The molecule has 56 heavy (non-hydrogen) atoms. The van der Waals surface area contributed by atoms with Crippen LogP contribution < -0.4 is 0 Å². The molecule has 12 rings (SSSR count). The molecule has 0 radical (unpaired) electrons. The number of nitrogens with zero attached hydrogens (tertiary/aromatic N) is 4. The Morgan fingerprint density at radius 2 is 1.09 bits per heavy atom. The summed E-state index contributed by atoms with van der Waals surface area (Å²) in [4.78, 5) is 0. The molecule has 5 heteroatoms. The summed E-state index contributed by atoms with van der Waals surface area (Å²) in [7, 11) is 0. The summed E-state index contributed by atoms with van der Waals surface area (Å²) >= 11 is 0. The third-order valence-electron chi connectivity index (χ3n) is 11.9. The van der Waals surface area contributed by atoms with Crippen molar-refractivity contribution in [2.45, 2.75) is 5.92 Å². The second-order valence-electron chi connectivity index (χ2n) is 14.6. The van der Waals surface area contributed by atoms with E-state index in [1.165, 1.54) is 10.8 Å². The first-order valence-electron chi connectivity index (χ1n) is 18.8. The van der Waals surface area contributed by atoms with Crippen LogP contribution in [0.15, 0.2) is 168 Å². The van der Waals surface area contributed by atoms with Gasteiger partial charge in [-0.3, -0.25) is 0 Å². The lowest BCUT2D eigenvalue weighted by Gasteiger charge is -2.21. The van der Waals surface area contributed by atoms with E-state index in [-0.39, 0.29) is 5.92 Å². The van der Waals surface area contributed by atoms with E-state index in [9.17, 15) is 10.5 Å². The van der Waals surface area contributed by atoms with Gasteiger partial charge in [-0.15, -0.1) is 0 Å². The van der Waals surface area contributed by atoms with Crippen molar-refractivity contribution in [3.8, 4) is 34.6 Å². The number of hydrogen-bond donors (Lipinski definition) is 0. The molecular weight excluding hydrogens is 685 g/mol. The molecule has 0 spiro atoms. The van der Waals surface area contributed by atoms with Gasteiger partial charge >= 0.3 is 0 Å². The molecule has 0 saturated carbocycles. The lowest BCUT2D eigenvalue weighted by Crippen LogP contribution is -2.09. The highest BCUT2D eigenvalue weighted by molar-refractivity contribution is 6.24. The number of aromatic nitrogens is 2. The zero-order chi connectivity index (χ0) is 37.1. The van der Waals surface area contributed by atoms with Crippen LogP contribution in [0.25, 0.3) is 88.1 Å². The minimum atomic E-state index is -0.274. The molecule has 0 atom stereocenters. The largest absolute Gasteiger partial charge is 0.455 e. The van der Waals surface area contributed by atoms with Gasteiger partial charge in [-0.25, -0.2) is 0 Å². The van der Waals surface area contributed by atoms with Crippen LogP contribution in [-0.2, 0) is 0 Å². The van der Waals surface area contributed by atoms with Crippen molar-refractivity contribution in [2.75, 3.05) is 0 Å². The topological polar surface area (TPSA) is 70.6 Å². The van der Waals surface area contributed by atoms with E-state index in [0.717, 1.165) is 94.0 Å². The van der Waals surface area contributed by atoms with Crippen LogP contribution in [0.2, 0.25) is 0 Å². The van der Waals surface area contributed by atoms with Crippen molar-refractivity contribution in [3.63, 3.8) is 0 Å². The minimum Gasteiger partial charge on any atom is -0.455 e. The third-order valence-corrected chi connectivity index (χ3v) is 11.9. The van der Waals surface area contributed by atoms with Crippen molar-refractivity contribution in [1.82, 2.24) is 9.13 Å². The van der Waals surface area contributed by atoms with E-state index in [4.69, 9.17) is 4.42 Å². The number of hydrogen-bond acceptors (Lipinski definition) is 3. The van der Waals surface area contributed by atoms with Gasteiger partial charge in [0.15, 0.2) is 0 Å².